The van der Waals surface area contributed by atoms with Crippen molar-refractivity contribution in [1.82, 2.24) is 14.6 Å². The molecular weight excluding hydrogens is 322 g/mol. The standard InChI is InChI=1S/C17H15N5OS/c1-21(2)12-8-9-18-16-13(12)14-15(24-16)17(23)22(10-19-14)20-11-6-4-3-5-7-11/h3-10,20H,1-2H3. The van der Waals surface area contributed by atoms with Crippen molar-refractivity contribution in [3.63, 3.8) is 0 Å². The smallest absolute Gasteiger partial charge is 0.290 e. The summed E-state index contributed by atoms with van der Waals surface area (Å²) in [5.41, 5.74) is 5.47. The molecule has 120 valence electrons. The molecule has 0 saturated carbocycles. The van der Waals surface area contributed by atoms with Crippen LogP contribution in [0.5, 0.6) is 0 Å². The van der Waals surface area contributed by atoms with E-state index in [0.717, 1.165) is 21.6 Å². The molecule has 0 radical (unpaired) electrons. The summed E-state index contributed by atoms with van der Waals surface area (Å²) in [6, 6.07) is 11.5. The van der Waals surface area contributed by atoms with E-state index in [1.165, 1.54) is 22.3 Å². The quantitative estimate of drug-likeness (QED) is 0.623. The van der Waals surface area contributed by atoms with Crippen LogP contribution in [0.1, 0.15) is 0 Å². The Morgan fingerprint density at radius 3 is 2.67 bits per heavy atom. The van der Waals surface area contributed by atoms with Gasteiger partial charge in [-0.15, -0.1) is 11.3 Å². The number of para-hydroxylation sites is 1. The van der Waals surface area contributed by atoms with Crippen LogP contribution in [0.2, 0.25) is 0 Å². The number of benzene rings is 1. The minimum absolute atomic E-state index is 0.128. The highest BCUT2D eigenvalue weighted by molar-refractivity contribution is 7.25. The van der Waals surface area contributed by atoms with Gasteiger partial charge in [0.25, 0.3) is 5.56 Å². The second-order valence-electron chi connectivity index (χ2n) is 5.58. The maximum absolute atomic E-state index is 12.8. The van der Waals surface area contributed by atoms with Crippen molar-refractivity contribution in [2.45, 2.75) is 0 Å². The lowest BCUT2D eigenvalue weighted by molar-refractivity contribution is 0.883. The van der Waals surface area contributed by atoms with Gasteiger partial charge >= 0.3 is 0 Å². The fourth-order valence-corrected chi connectivity index (χ4v) is 3.69. The van der Waals surface area contributed by atoms with Gasteiger partial charge in [-0.05, 0) is 18.2 Å². The number of nitrogens with zero attached hydrogens (tertiary/aromatic N) is 4. The zero-order valence-electron chi connectivity index (χ0n) is 13.2. The fourth-order valence-electron chi connectivity index (χ4n) is 2.64. The first kappa shape index (κ1) is 14.6. The number of pyridine rings is 1. The Morgan fingerprint density at radius 2 is 1.92 bits per heavy atom. The summed E-state index contributed by atoms with van der Waals surface area (Å²) in [6.07, 6.45) is 3.28. The van der Waals surface area contributed by atoms with Gasteiger partial charge in [0.05, 0.1) is 16.8 Å². The lowest BCUT2D eigenvalue weighted by Gasteiger charge is -2.13. The van der Waals surface area contributed by atoms with Gasteiger partial charge in [-0.3, -0.25) is 10.2 Å². The summed E-state index contributed by atoms with van der Waals surface area (Å²) in [5.74, 6) is 0. The molecule has 0 amide bonds. The van der Waals surface area contributed by atoms with E-state index in [1.807, 2.05) is 55.4 Å². The predicted octanol–water partition coefficient (Wildman–Crippen LogP) is 2.95. The van der Waals surface area contributed by atoms with Gasteiger partial charge < -0.3 is 4.90 Å². The van der Waals surface area contributed by atoms with Crippen LogP contribution in [-0.2, 0) is 0 Å². The number of fused-ring (bicyclic) bond motifs is 3. The molecule has 3 heterocycles. The minimum atomic E-state index is -0.128. The molecule has 3 aromatic heterocycles. The maximum atomic E-state index is 12.8. The van der Waals surface area contributed by atoms with Crippen molar-refractivity contribution < 1.29 is 0 Å². The number of rotatable bonds is 3. The molecule has 0 aliphatic heterocycles. The minimum Gasteiger partial charge on any atom is -0.377 e. The van der Waals surface area contributed by atoms with E-state index in [0.29, 0.717) is 10.2 Å². The third-order valence-corrected chi connectivity index (χ3v) is 4.84. The number of hydrogen-bond acceptors (Lipinski definition) is 6. The lowest BCUT2D eigenvalue weighted by atomic mass is 10.2. The summed E-state index contributed by atoms with van der Waals surface area (Å²) in [5, 5.41) is 0.923. The van der Waals surface area contributed by atoms with Crippen LogP contribution >= 0.6 is 11.3 Å². The van der Waals surface area contributed by atoms with Crippen LogP contribution in [-0.4, -0.2) is 28.7 Å². The Kier molecular flexibility index (Phi) is 3.42. The molecule has 0 saturated heterocycles. The first-order chi connectivity index (χ1) is 11.6. The van der Waals surface area contributed by atoms with E-state index in [4.69, 9.17) is 0 Å². The SMILES string of the molecule is CN(C)c1ccnc2sc3c(=O)n(Nc4ccccc4)cnc3c12. The average Bonchev–Trinajstić information content (AvgIpc) is 2.98. The summed E-state index contributed by atoms with van der Waals surface area (Å²) >= 11 is 1.37. The van der Waals surface area contributed by atoms with Crippen molar-refractivity contribution in [2.24, 2.45) is 0 Å². The largest absolute Gasteiger partial charge is 0.377 e. The zero-order chi connectivity index (χ0) is 16.7. The van der Waals surface area contributed by atoms with Crippen LogP contribution in [0.4, 0.5) is 11.4 Å². The second kappa shape index (κ2) is 5.61. The topological polar surface area (TPSA) is 63.1 Å². The highest BCUT2D eigenvalue weighted by Gasteiger charge is 2.16. The third-order valence-electron chi connectivity index (χ3n) is 3.77. The Balaban J connectivity index is 1.93. The molecule has 0 fully saturated rings. The van der Waals surface area contributed by atoms with Crippen molar-refractivity contribution in [1.29, 1.82) is 0 Å². The number of aromatic nitrogens is 3. The Morgan fingerprint density at radius 1 is 1.12 bits per heavy atom. The number of anilines is 2. The molecule has 0 aliphatic carbocycles. The predicted molar refractivity (Wildman–Crippen MR) is 99.0 cm³/mol. The van der Waals surface area contributed by atoms with Gasteiger partial charge in [0, 0.05) is 20.3 Å². The maximum Gasteiger partial charge on any atom is 0.290 e. The molecule has 0 spiro atoms. The van der Waals surface area contributed by atoms with Crippen molar-refractivity contribution in [2.75, 3.05) is 24.4 Å². The van der Waals surface area contributed by atoms with Crippen molar-refractivity contribution in [3.05, 3.63) is 59.3 Å². The second-order valence-corrected chi connectivity index (χ2v) is 6.58. The highest BCUT2D eigenvalue weighted by atomic mass is 32.1. The molecule has 6 nitrogen and oxygen atoms in total. The van der Waals surface area contributed by atoms with E-state index in [1.54, 1.807) is 6.20 Å². The van der Waals surface area contributed by atoms with Crippen molar-refractivity contribution >= 4 is 43.1 Å². The van der Waals surface area contributed by atoms with Crippen LogP contribution in [0, 0.1) is 0 Å². The summed E-state index contributed by atoms with van der Waals surface area (Å²) < 4.78 is 2.00. The molecule has 1 aromatic carbocycles. The lowest BCUT2D eigenvalue weighted by Crippen LogP contribution is -2.25. The number of hydrogen-bond donors (Lipinski definition) is 1. The molecule has 0 unspecified atom stereocenters. The van der Waals surface area contributed by atoms with Gasteiger partial charge in [-0.25, -0.2) is 14.6 Å². The van der Waals surface area contributed by atoms with Crippen LogP contribution in [0.15, 0.2) is 53.7 Å². The highest BCUT2D eigenvalue weighted by Crippen LogP contribution is 2.34. The normalized spacial score (nSPS) is 11.1. The summed E-state index contributed by atoms with van der Waals surface area (Å²) in [6.45, 7) is 0. The molecule has 4 rings (SSSR count). The van der Waals surface area contributed by atoms with Gasteiger partial charge in [0.15, 0.2) is 0 Å². The van der Waals surface area contributed by atoms with Crippen LogP contribution in [0.25, 0.3) is 20.4 Å². The van der Waals surface area contributed by atoms with Gasteiger partial charge in [-0.2, -0.15) is 0 Å². The fraction of sp³-hybridized carbons (Fsp3) is 0.118. The van der Waals surface area contributed by atoms with Crippen LogP contribution in [0.3, 0.4) is 0 Å². The van der Waals surface area contributed by atoms with Crippen LogP contribution < -0.4 is 15.9 Å². The van der Waals surface area contributed by atoms with Gasteiger partial charge in [0.2, 0.25) is 0 Å². The van der Waals surface area contributed by atoms with Gasteiger partial charge in [-0.1, -0.05) is 18.2 Å². The molecule has 4 aromatic rings. The summed E-state index contributed by atoms with van der Waals surface area (Å²) in [7, 11) is 3.94. The Bertz CT molecular complexity index is 1080. The first-order valence-corrected chi connectivity index (χ1v) is 8.25. The molecule has 1 N–H and O–H groups in total. The summed E-state index contributed by atoms with van der Waals surface area (Å²) in [4.78, 5) is 24.5. The molecule has 0 bridgehead atoms. The van der Waals surface area contributed by atoms with E-state index in [9.17, 15) is 4.79 Å². The molecule has 0 atom stereocenters. The van der Waals surface area contributed by atoms with Crippen molar-refractivity contribution in [3.8, 4) is 0 Å². The van der Waals surface area contributed by atoms with E-state index in [-0.39, 0.29) is 5.56 Å². The monoisotopic (exact) mass is 337 g/mol. The van der Waals surface area contributed by atoms with E-state index >= 15 is 0 Å². The molecular formula is C17H15N5OS. The first-order valence-electron chi connectivity index (χ1n) is 7.43. The Hall–Kier alpha value is -2.93. The van der Waals surface area contributed by atoms with Gasteiger partial charge in [0.1, 0.15) is 21.4 Å². The zero-order valence-corrected chi connectivity index (χ0v) is 14.0. The molecule has 24 heavy (non-hydrogen) atoms. The number of nitrogens with one attached hydrogen (secondary N) is 1. The third kappa shape index (κ3) is 2.30. The van der Waals surface area contributed by atoms with E-state index in [2.05, 4.69) is 15.4 Å². The molecule has 7 heteroatoms. The Labute approximate surface area is 142 Å². The number of thiophene rings is 1. The average molecular weight is 337 g/mol. The van der Waals surface area contributed by atoms with E-state index < -0.39 is 0 Å². The molecule has 0 aliphatic rings.